The second kappa shape index (κ2) is 1.78. The van der Waals surface area contributed by atoms with Crippen LogP contribution in [0.2, 0.25) is 0 Å². The zero-order chi connectivity index (χ0) is 5.98. The van der Waals surface area contributed by atoms with Crippen LogP contribution in [0.1, 0.15) is 5.69 Å². The van der Waals surface area contributed by atoms with Gasteiger partial charge >= 0.3 is 0 Å². The van der Waals surface area contributed by atoms with E-state index in [1.54, 1.807) is 0 Å². The molecule has 0 bridgehead atoms. The van der Waals surface area contributed by atoms with Gasteiger partial charge in [0, 0.05) is 0 Å². The van der Waals surface area contributed by atoms with Gasteiger partial charge in [0.15, 0.2) is 0 Å². The van der Waals surface area contributed by atoms with Crippen molar-refractivity contribution in [2.75, 3.05) is 5.73 Å². The van der Waals surface area contributed by atoms with E-state index in [1.165, 1.54) is 6.33 Å². The van der Waals surface area contributed by atoms with E-state index < -0.39 is 0 Å². The summed E-state index contributed by atoms with van der Waals surface area (Å²) in [5.74, 6) is 0.400. The molecule has 0 aliphatic rings. The van der Waals surface area contributed by atoms with Crippen molar-refractivity contribution < 1.29 is 0 Å². The maximum atomic E-state index is 5.25. The lowest BCUT2D eigenvalue weighted by atomic mass is 10.4. The fourth-order valence-electron chi connectivity index (χ4n) is 0.428. The highest BCUT2D eigenvalue weighted by atomic mass is 14.9. The molecule has 0 fully saturated rings. The third kappa shape index (κ3) is 0.932. The van der Waals surface area contributed by atoms with Crippen molar-refractivity contribution in [1.29, 1.82) is 0 Å². The van der Waals surface area contributed by atoms with Gasteiger partial charge in [-0.15, -0.1) is 0 Å². The van der Waals surface area contributed by atoms with Gasteiger partial charge in [0.2, 0.25) is 0 Å². The quantitative estimate of drug-likeness (QED) is 0.515. The van der Waals surface area contributed by atoms with Crippen molar-refractivity contribution in [2.24, 2.45) is 0 Å². The Morgan fingerprint density at radius 1 is 1.62 bits per heavy atom. The Bertz CT molecular complexity index is 168. The SMILES string of the molecule is Cc1[c]c(N)ncn1. The van der Waals surface area contributed by atoms with Crippen LogP contribution in [0.15, 0.2) is 6.33 Å². The van der Waals surface area contributed by atoms with Gasteiger partial charge in [0.25, 0.3) is 0 Å². The Morgan fingerprint density at radius 3 is 2.75 bits per heavy atom. The first-order chi connectivity index (χ1) is 3.79. The average molecular weight is 108 g/mol. The van der Waals surface area contributed by atoms with Crippen LogP contribution < -0.4 is 5.73 Å². The third-order valence-corrected chi connectivity index (χ3v) is 0.757. The average Bonchev–Trinajstić information content (AvgIpc) is 1.64. The molecule has 0 aliphatic heterocycles. The molecule has 0 aliphatic carbocycles. The van der Waals surface area contributed by atoms with Crippen LogP contribution >= 0.6 is 0 Å². The van der Waals surface area contributed by atoms with E-state index in [9.17, 15) is 0 Å². The maximum absolute atomic E-state index is 5.25. The van der Waals surface area contributed by atoms with Gasteiger partial charge in [-0.2, -0.15) is 0 Å². The molecule has 1 heterocycles. The molecule has 1 rings (SSSR count). The minimum absolute atomic E-state index is 0.400. The van der Waals surface area contributed by atoms with E-state index in [0.717, 1.165) is 5.69 Å². The van der Waals surface area contributed by atoms with E-state index in [2.05, 4.69) is 16.0 Å². The summed E-state index contributed by atoms with van der Waals surface area (Å²) in [5, 5.41) is 0. The molecule has 0 saturated heterocycles. The Labute approximate surface area is 47.6 Å². The highest BCUT2D eigenvalue weighted by molar-refractivity contribution is 5.24. The van der Waals surface area contributed by atoms with Crippen molar-refractivity contribution in [3.63, 3.8) is 0 Å². The Kier molecular flexibility index (Phi) is 1.12. The van der Waals surface area contributed by atoms with E-state index in [-0.39, 0.29) is 0 Å². The molecule has 0 spiro atoms. The van der Waals surface area contributed by atoms with Gasteiger partial charge in [-0.25, -0.2) is 9.97 Å². The maximum Gasteiger partial charge on any atom is 0.135 e. The number of nitrogens with zero attached hydrogens (tertiary/aromatic N) is 2. The molecule has 1 aromatic rings. The van der Waals surface area contributed by atoms with Crippen molar-refractivity contribution in [2.45, 2.75) is 6.92 Å². The first-order valence-corrected chi connectivity index (χ1v) is 2.25. The molecule has 1 aromatic heterocycles. The molecule has 1 radical (unpaired) electrons. The smallest absolute Gasteiger partial charge is 0.135 e. The third-order valence-electron chi connectivity index (χ3n) is 0.757. The number of hydrogen-bond donors (Lipinski definition) is 1. The summed E-state index contributed by atoms with van der Waals surface area (Å²) < 4.78 is 0. The minimum atomic E-state index is 0.400. The van der Waals surface area contributed by atoms with Crippen LogP contribution in [0.4, 0.5) is 5.82 Å². The summed E-state index contributed by atoms with van der Waals surface area (Å²) in [4.78, 5) is 7.44. The van der Waals surface area contributed by atoms with Crippen molar-refractivity contribution in [1.82, 2.24) is 9.97 Å². The van der Waals surface area contributed by atoms with Crippen LogP contribution in [0.25, 0.3) is 0 Å². The number of anilines is 1. The minimum Gasteiger partial charge on any atom is -0.383 e. The fraction of sp³-hybridized carbons (Fsp3) is 0.200. The molecule has 0 atom stereocenters. The molecule has 3 heteroatoms. The molecule has 0 amide bonds. The van der Waals surface area contributed by atoms with Crippen LogP contribution in [-0.4, -0.2) is 9.97 Å². The molecule has 0 saturated carbocycles. The predicted molar refractivity (Wildman–Crippen MR) is 30.0 cm³/mol. The molecular weight excluding hydrogens is 102 g/mol. The zero-order valence-corrected chi connectivity index (χ0v) is 4.55. The standard InChI is InChI=1S/C5H6N3/c1-4-2-5(6)8-3-7-4/h3H,1H3,(H2,6,7,8). The number of aromatic nitrogens is 2. The summed E-state index contributed by atoms with van der Waals surface area (Å²) in [6, 6.07) is 2.73. The molecule has 3 nitrogen and oxygen atoms in total. The molecular formula is C5H6N3. The van der Waals surface area contributed by atoms with Gasteiger partial charge in [0.05, 0.1) is 11.8 Å². The molecule has 41 valence electrons. The monoisotopic (exact) mass is 108 g/mol. The van der Waals surface area contributed by atoms with Crippen molar-refractivity contribution in [3.8, 4) is 0 Å². The largest absolute Gasteiger partial charge is 0.383 e. The first-order valence-electron chi connectivity index (χ1n) is 2.25. The van der Waals surface area contributed by atoms with Gasteiger partial charge in [-0.05, 0) is 6.92 Å². The summed E-state index contributed by atoms with van der Waals surface area (Å²) >= 11 is 0. The van der Waals surface area contributed by atoms with Crippen LogP contribution in [0.5, 0.6) is 0 Å². The lowest BCUT2D eigenvalue weighted by Gasteiger charge is -1.88. The van der Waals surface area contributed by atoms with Gasteiger partial charge in [-0.1, -0.05) is 0 Å². The Hall–Kier alpha value is -1.12. The van der Waals surface area contributed by atoms with E-state index in [1.807, 2.05) is 6.92 Å². The van der Waals surface area contributed by atoms with Crippen LogP contribution in [-0.2, 0) is 0 Å². The predicted octanol–water partition coefficient (Wildman–Crippen LogP) is 0.167. The topological polar surface area (TPSA) is 51.8 Å². The molecule has 0 unspecified atom stereocenters. The number of nitrogens with two attached hydrogens (primary N) is 1. The second-order valence-electron chi connectivity index (χ2n) is 1.47. The highest BCUT2D eigenvalue weighted by Gasteiger charge is 1.85. The summed E-state index contributed by atoms with van der Waals surface area (Å²) in [7, 11) is 0. The van der Waals surface area contributed by atoms with Gasteiger partial charge in [-0.3, -0.25) is 0 Å². The van der Waals surface area contributed by atoms with Crippen LogP contribution in [0.3, 0.4) is 0 Å². The van der Waals surface area contributed by atoms with E-state index in [0.29, 0.717) is 5.82 Å². The van der Waals surface area contributed by atoms with Gasteiger partial charge < -0.3 is 5.73 Å². The van der Waals surface area contributed by atoms with E-state index >= 15 is 0 Å². The first kappa shape index (κ1) is 5.03. The summed E-state index contributed by atoms with van der Waals surface area (Å²) in [6.45, 7) is 1.82. The highest BCUT2D eigenvalue weighted by Crippen LogP contribution is 1.92. The Balaban J connectivity index is 3.08. The van der Waals surface area contributed by atoms with Gasteiger partial charge in [0.1, 0.15) is 12.1 Å². The second-order valence-corrected chi connectivity index (χ2v) is 1.47. The van der Waals surface area contributed by atoms with E-state index in [4.69, 9.17) is 5.73 Å². The summed E-state index contributed by atoms with van der Waals surface area (Å²) in [5.41, 5.74) is 6.03. The normalized spacial score (nSPS) is 9.12. The molecule has 8 heavy (non-hydrogen) atoms. The summed E-state index contributed by atoms with van der Waals surface area (Å²) in [6.07, 6.45) is 1.42. The number of rotatable bonds is 0. The molecule has 0 aromatic carbocycles. The van der Waals surface area contributed by atoms with Crippen molar-refractivity contribution >= 4 is 5.82 Å². The molecule has 2 N–H and O–H groups in total. The number of hydrogen-bond acceptors (Lipinski definition) is 3. The zero-order valence-electron chi connectivity index (χ0n) is 4.55. The van der Waals surface area contributed by atoms with Crippen LogP contribution in [0, 0.1) is 13.0 Å². The van der Waals surface area contributed by atoms with Crippen molar-refractivity contribution in [3.05, 3.63) is 18.1 Å². The number of aryl methyl sites for hydroxylation is 1. The lowest BCUT2D eigenvalue weighted by Crippen LogP contribution is -1.91. The number of nitrogen functional groups attached to an aromatic ring is 1. The fourth-order valence-corrected chi connectivity index (χ4v) is 0.428. The lowest BCUT2D eigenvalue weighted by molar-refractivity contribution is 1.10. The Morgan fingerprint density at radius 2 is 2.38 bits per heavy atom.